The van der Waals surface area contributed by atoms with Gasteiger partial charge in [-0.15, -0.1) is 0 Å². The van der Waals surface area contributed by atoms with Crippen LogP contribution in [-0.4, -0.2) is 32.9 Å². The highest BCUT2D eigenvalue weighted by molar-refractivity contribution is 7.89. The number of halogens is 1. The second-order valence-corrected chi connectivity index (χ2v) is 7.17. The van der Waals surface area contributed by atoms with Gasteiger partial charge in [-0.25, -0.2) is 12.8 Å². The summed E-state index contributed by atoms with van der Waals surface area (Å²) in [6.45, 7) is 8.97. The second-order valence-electron chi connectivity index (χ2n) is 5.16. The Labute approximate surface area is 126 Å². The van der Waals surface area contributed by atoms with E-state index < -0.39 is 15.8 Å². The summed E-state index contributed by atoms with van der Waals surface area (Å²) in [5.41, 5.74) is 1.42. The topological polar surface area (TPSA) is 49.4 Å². The lowest BCUT2D eigenvalue weighted by Gasteiger charge is -2.18. The third-order valence-corrected chi connectivity index (χ3v) is 4.77. The number of likely N-dealkylation sites (N-methyl/N-ethyl adjacent to an activating group) is 1. The minimum Gasteiger partial charge on any atom is -0.313 e. The van der Waals surface area contributed by atoms with Crippen molar-refractivity contribution in [3.63, 3.8) is 0 Å². The van der Waals surface area contributed by atoms with Gasteiger partial charge < -0.3 is 5.32 Å². The molecule has 0 aliphatic carbocycles. The van der Waals surface area contributed by atoms with Crippen molar-refractivity contribution in [2.75, 3.05) is 20.1 Å². The Hall–Kier alpha value is -1.24. The second kappa shape index (κ2) is 7.68. The summed E-state index contributed by atoms with van der Waals surface area (Å²) in [7, 11) is -2.41. The number of nitrogens with zero attached hydrogens (tertiary/aromatic N) is 1. The first kappa shape index (κ1) is 17.8. The van der Waals surface area contributed by atoms with Gasteiger partial charge in [0.15, 0.2) is 0 Å². The SMILES string of the molecule is C=C(C)CN(C)S(=O)(=O)c1ccc(CNCCC)cc1F. The highest BCUT2D eigenvalue weighted by atomic mass is 32.2. The summed E-state index contributed by atoms with van der Waals surface area (Å²) in [5.74, 6) is -0.723. The summed E-state index contributed by atoms with van der Waals surface area (Å²) >= 11 is 0. The van der Waals surface area contributed by atoms with Gasteiger partial charge in [0.05, 0.1) is 0 Å². The van der Waals surface area contributed by atoms with Crippen LogP contribution in [0.3, 0.4) is 0 Å². The van der Waals surface area contributed by atoms with Crippen molar-refractivity contribution in [2.45, 2.75) is 31.7 Å². The van der Waals surface area contributed by atoms with Gasteiger partial charge in [-0.1, -0.05) is 25.1 Å². The van der Waals surface area contributed by atoms with Crippen LogP contribution in [0.1, 0.15) is 25.8 Å². The third-order valence-electron chi connectivity index (χ3n) is 2.93. The molecule has 0 heterocycles. The number of hydrogen-bond donors (Lipinski definition) is 1. The molecule has 0 atom stereocenters. The average Bonchev–Trinajstić information content (AvgIpc) is 2.38. The van der Waals surface area contributed by atoms with Gasteiger partial charge in [-0.05, 0) is 37.6 Å². The largest absolute Gasteiger partial charge is 0.313 e. The molecule has 0 aliphatic heterocycles. The van der Waals surface area contributed by atoms with Gasteiger partial charge >= 0.3 is 0 Å². The molecule has 21 heavy (non-hydrogen) atoms. The van der Waals surface area contributed by atoms with Crippen molar-refractivity contribution in [2.24, 2.45) is 0 Å². The maximum absolute atomic E-state index is 14.1. The summed E-state index contributed by atoms with van der Waals surface area (Å²) in [4.78, 5) is -0.300. The Kier molecular flexibility index (Phi) is 6.51. The van der Waals surface area contributed by atoms with Crippen LogP contribution in [0.4, 0.5) is 4.39 Å². The van der Waals surface area contributed by atoms with Crippen molar-refractivity contribution < 1.29 is 12.8 Å². The zero-order valence-electron chi connectivity index (χ0n) is 12.8. The molecule has 0 aromatic heterocycles. The Morgan fingerprint density at radius 1 is 1.43 bits per heavy atom. The lowest BCUT2D eigenvalue weighted by Crippen LogP contribution is -2.29. The summed E-state index contributed by atoms with van der Waals surface area (Å²) < 4.78 is 39.8. The van der Waals surface area contributed by atoms with E-state index in [1.54, 1.807) is 13.0 Å². The van der Waals surface area contributed by atoms with Crippen LogP contribution in [0.2, 0.25) is 0 Å². The molecule has 118 valence electrons. The predicted octanol–water partition coefficient (Wildman–Crippen LogP) is 2.52. The molecule has 0 radical (unpaired) electrons. The predicted molar refractivity (Wildman–Crippen MR) is 83.0 cm³/mol. The fraction of sp³-hybridized carbons (Fsp3) is 0.467. The molecular formula is C15H23FN2O2S. The zero-order chi connectivity index (χ0) is 16.0. The maximum atomic E-state index is 14.1. The van der Waals surface area contributed by atoms with E-state index in [0.29, 0.717) is 12.1 Å². The monoisotopic (exact) mass is 314 g/mol. The van der Waals surface area contributed by atoms with E-state index in [0.717, 1.165) is 22.8 Å². The van der Waals surface area contributed by atoms with Crippen LogP contribution < -0.4 is 5.32 Å². The van der Waals surface area contributed by atoms with E-state index in [1.165, 1.54) is 19.2 Å². The van der Waals surface area contributed by atoms with E-state index in [9.17, 15) is 12.8 Å². The van der Waals surface area contributed by atoms with E-state index >= 15 is 0 Å². The van der Waals surface area contributed by atoms with E-state index in [1.807, 2.05) is 6.92 Å². The normalized spacial score (nSPS) is 11.9. The van der Waals surface area contributed by atoms with E-state index in [-0.39, 0.29) is 11.4 Å². The molecule has 0 fully saturated rings. The molecule has 1 N–H and O–H groups in total. The van der Waals surface area contributed by atoms with Crippen molar-refractivity contribution in [1.82, 2.24) is 9.62 Å². The van der Waals surface area contributed by atoms with Gasteiger partial charge in [0.25, 0.3) is 0 Å². The van der Waals surface area contributed by atoms with Crippen molar-refractivity contribution in [3.05, 3.63) is 41.7 Å². The minimum absolute atomic E-state index is 0.168. The first-order valence-corrected chi connectivity index (χ1v) is 8.33. The summed E-state index contributed by atoms with van der Waals surface area (Å²) in [6.07, 6.45) is 0.987. The highest BCUT2D eigenvalue weighted by Crippen LogP contribution is 2.20. The zero-order valence-corrected chi connectivity index (χ0v) is 13.6. The molecule has 1 aromatic rings. The van der Waals surface area contributed by atoms with Gasteiger partial charge in [-0.3, -0.25) is 0 Å². The highest BCUT2D eigenvalue weighted by Gasteiger charge is 2.24. The Bertz CT molecular complexity index is 600. The molecule has 0 bridgehead atoms. The lowest BCUT2D eigenvalue weighted by atomic mass is 10.2. The van der Waals surface area contributed by atoms with Gasteiger partial charge in [0, 0.05) is 20.1 Å². The van der Waals surface area contributed by atoms with Crippen LogP contribution in [0, 0.1) is 5.82 Å². The molecule has 1 rings (SSSR count). The van der Waals surface area contributed by atoms with E-state index in [4.69, 9.17) is 0 Å². The third kappa shape index (κ3) is 4.91. The number of nitrogens with one attached hydrogen (secondary N) is 1. The molecule has 0 amide bonds. The van der Waals surface area contributed by atoms with Crippen LogP contribution in [0.15, 0.2) is 35.2 Å². The number of sulfonamides is 1. The molecular weight excluding hydrogens is 291 g/mol. The smallest absolute Gasteiger partial charge is 0.246 e. The molecule has 6 heteroatoms. The fourth-order valence-electron chi connectivity index (χ4n) is 1.91. The lowest BCUT2D eigenvalue weighted by molar-refractivity contribution is 0.483. The van der Waals surface area contributed by atoms with Crippen molar-refractivity contribution in [3.8, 4) is 0 Å². The first-order chi connectivity index (χ1) is 9.78. The van der Waals surface area contributed by atoms with E-state index in [2.05, 4.69) is 11.9 Å². The Morgan fingerprint density at radius 3 is 2.62 bits per heavy atom. The number of rotatable bonds is 8. The Morgan fingerprint density at radius 2 is 2.10 bits per heavy atom. The van der Waals surface area contributed by atoms with Crippen LogP contribution in [-0.2, 0) is 16.6 Å². The van der Waals surface area contributed by atoms with Gasteiger partial charge in [0.1, 0.15) is 10.7 Å². The molecule has 0 unspecified atom stereocenters. The molecule has 4 nitrogen and oxygen atoms in total. The van der Waals surface area contributed by atoms with Crippen LogP contribution in [0.25, 0.3) is 0 Å². The van der Waals surface area contributed by atoms with Crippen LogP contribution >= 0.6 is 0 Å². The average molecular weight is 314 g/mol. The minimum atomic E-state index is -3.83. The Balaban J connectivity index is 2.95. The quantitative estimate of drug-likeness (QED) is 0.592. The fourth-order valence-corrected chi connectivity index (χ4v) is 3.18. The van der Waals surface area contributed by atoms with Crippen LogP contribution in [0.5, 0.6) is 0 Å². The van der Waals surface area contributed by atoms with Crippen molar-refractivity contribution >= 4 is 10.0 Å². The van der Waals surface area contributed by atoms with Gasteiger partial charge in [-0.2, -0.15) is 4.31 Å². The summed E-state index contributed by atoms with van der Waals surface area (Å²) in [5, 5.41) is 3.15. The number of benzene rings is 1. The summed E-state index contributed by atoms with van der Waals surface area (Å²) in [6, 6.07) is 4.22. The van der Waals surface area contributed by atoms with Crippen molar-refractivity contribution in [1.29, 1.82) is 0 Å². The maximum Gasteiger partial charge on any atom is 0.246 e. The van der Waals surface area contributed by atoms with Gasteiger partial charge in [0.2, 0.25) is 10.0 Å². The molecule has 0 saturated carbocycles. The molecule has 0 spiro atoms. The molecule has 0 aliphatic rings. The number of hydrogen-bond acceptors (Lipinski definition) is 3. The molecule has 1 aromatic carbocycles. The molecule has 0 saturated heterocycles. The standard InChI is InChI=1S/C15H23FN2O2S/c1-5-8-17-10-13-6-7-15(14(16)9-13)21(19,20)18(4)11-12(2)3/h6-7,9,17H,2,5,8,10-11H2,1,3-4H3. The first-order valence-electron chi connectivity index (χ1n) is 6.89.